The van der Waals surface area contributed by atoms with Crippen LogP contribution in [0.5, 0.6) is 0 Å². The fourth-order valence-electron chi connectivity index (χ4n) is 5.18. The molecular formula is C22H29ClN4O2. The molecule has 0 radical (unpaired) electrons. The molecule has 2 heterocycles. The van der Waals surface area contributed by atoms with Crippen LogP contribution in [0.3, 0.4) is 0 Å². The Morgan fingerprint density at radius 3 is 2.59 bits per heavy atom. The predicted molar refractivity (Wildman–Crippen MR) is 116 cm³/mol. The number of ether oxygens (including phenoxy) is 1. The quantitative estimate of drug-likeness (QED) is 0.720. The third kappa shape index (κ3) is 3.84. The van der Waals surface area contributed by atoms with Crippen LogP contribution in [0.4, 0.5) is 5.69 Å². The minimum absolute atomic E-state index is 0.111. The van der Waals surface area contributed by atoms with Crippen LogP contribution in [0.2, 0.25) is 5.02 Å². The third-order valence-electron chi connectivity index (χ3n) is 6.91. The van der Waals surface area contributed by atoms with Crippen LogP contribution in [-0.2, 0) is 4.74 Å². The second-order valence-corrected chi connectivity index (χ2v) is 9.01. The number of likely N-dealkylation sites (tertiary alicyclic amines) is 1. The predicted octanol–water partition coefficient (Wildman–Crippen LogP) is 4.91. The van der Waals surface area contributed by atoms with Gasteiger partial charge >= 0.3 is 5.69 Å². The van der Waals surface area contributed by atoms with E-state index < -0.39 is 0 Å². The van der Waals surface area contributed by atoms with Crippen LogP contribution in [-0.4, -0.2) is 45.8 Å². The molecule has 1 saturated carbocycles. The van der Waals surface area contributed by atoms with Gasteiger partial charge in [-0.3, -0.25) is 9.47 Å². The molecule has 0 bridgehead atoms. The van der Waals surface area contributed by atoms with Crippen LogP contribution in [0.1, 0.15) is 58.4 Å². The molecule has 4 rings (SSSR count). The van der Waals surface area contributed by atoms with E-state index in [0.717, 1.165) is 50.9 Å². The number of rotatable bonds is 4. The first-order valence-corrected chi connectivity index (χ1v) is 11.0. The maximum atomic E-state index is 12.7. The Hall–Kier alpha value is -1.81. The Balaban J connectivity index is 1.49. The molecule has 1 N–H and O–H groups in total. The average molecular weight is 417 g/mol. The summed E-state index contributed by atoms with van der Waals surface area (Å²) in [4.78, 5) is 21.7. The minimum atomic E-state index is -0.111. The van der Waals surface area contributed by atoms with Crippen LogP contribution in [0, 0.1) is 6.57 Å². The Labute approximate surface area is 176 Å². The highest BCUT2D eigenvalue weighted by Crippen LogP contribution is 2.38. The number of nitrogens with one attached hydrogen (secondary N) is 1. The lowest BCUT2D eigenvalue weighted by Crippen LogP contribution is -2.53. The van der Waals surface area contributed by atoms with Crippen LogP contribution >= 0.6 is 11.6 Å². The molecule has 0 spiro atoms. The number of halogens is 1. The SMILES string of the molecule is [C-]#[N+]c1cc2c(cc1Cl)[nH]c(=O)n2C1CCN([C@]2(C)CC[C@@H](OCC)CC2)CC1. The summed E-state index contributed by atoms with van der Waals surface area (Å²) in [5.41, 5.74) is 2.00. The van der Waals surface area contributed by atoms with Crippen LogP contribution < -0.4 is 5.69 Å². The van der Waals surface area contributed by atoms with Gasteiger partial charge in [0, 0.05) is 36.3 Å². The zero-order valence-corrected chi connectivity index (χ0v) is 18.0. The summed E-state index contributed by atoms with van der Waals surface area (Å²) in [7, 11) is 0. The van der Waals surface area contributed by atoms with Gasteiger partial charge < -0.3 is 9.72 Å². The highest BCUT2D eigenvalue weighted by Gasteiger charge is 2.38. The maximum absolute atomic E-state index is 12.7. The fourth-order valence-corrected chi connectivity index (χ4v) is 5.38. The van der Waals surface area contributed by atoms with E-state index in [9.17, 15) is 4.79 Å². The first-order chi connectivity index (χ1) is 13.9. The molecule has 2 aromatic rings. The van der Waals surface area contributed by atoms with Crippen molar-refractivity contribution >= 4 is 28.3 Å². The molecule has 1 aromatic heterocycles. The van der Waals surface area contributed by atoms with Gasteiger partial charge in [-0.2, -0.15) is 0 Å². The highest BCUT2D eigenvalue weighted by molar-refractivity contribution is 6.34. The first-order valence-electron chi connectivity index (χ1n) is 10.6. The van der Waals surface area contributed by atoms with Gasteiger partial charge in [0.1, 0.15) is 0 Å². The molecule has 2 fully saturated rings. The van der Waals surface area contributed by atoms with Crippen molar-refractivity contribution < 1.29 is 4.74 Å². The number of hydrogen-bond donors (Lipinski definition) is 1. The lowest BCUT2D eigenvalue weighted by molar-refractivity contribution is -0.0273. The van der Waals surface area contributed by atoms with Gasteiger partial charge in [0.15, 0.2) is 0 Å². The molecule has 6 nitrogen and oxygen atoms in total. The summed E-state index contributed by atoms with van der Waals surface area (Å²) < 4.78 is 7.66. The van der Waals surface area contributed by atoms with E-state index in [0.29, 0.717) is 22.3 Å². The largest absolute Gasteiger partial charge is 0.379 e. The standard InChI is InChI=1S/C22H29ClN4O2/c1-4-29-16-5-9-22(2,10-6-16)26-11-7-15(8-12-26)27-20-14-18(24-3)17(23)13-19(20)25-21(27)28/h13-16H,4-12H2,1-2H3,(H,25,28)/t16-,22-. The molecule has 1 aromatic carbocycles. The number of H-pyrrole nitrogens is 1. The van der Waals surface area contributed by atoms with Crippen molar-refractivity contribution in [2.75, 3.05) is 19.7 Å². The summed E-state index contributed by atoms with van der Waals surface area (Å²) >= 11 is 6.14. The molecule has 0 amide bonds. The van der Waals surface area contributed by atoms with Crippen molar-refractivity contribution in [1.82, 2.24) is 14.5 Å². The van der Waals surface area contributed by atoms with E-state index >= 15 is 0 Å². The zero-order chi connectivity index (χ0) is 20.6. The Morgan fingerprint density at radius 1 is 1.28 bits per heavy atom. The second kappa shape index (κ2) is 8.14. The molecule has 156 valence electrons. The van der Waals surface area contributed by atoms with Gasteiger partial charge in [-0.1, -0.05) is 11.6 Å². The maximum Gasteiger partial charge on any atom is 0.326 e. The molecule has 1 aliphatic heterocycles. The van der Waals surface area contributed by atoms with Gasteiger partial charge in [-0.05, 0) is 64.5 Å². The summed E-state index contributed by atoms with van der Waals surface area (Å²) in [5.74, 6) is 0. The third-order valence-corrected chi connectivity index (χ3v) is 7.21. The second-order valence-electron chi connectivity index (χ2n) is 8.60. The van der Waals surface area contributed by atoms with Crippen molar-refractivity contribution in [2.45, 2.75) is 70.1 Å². The molecule has 29 heavy (non-hydrogen) atoms. The average Bonchev–Trinajstić information content (AvgIpc) is 3.04. The zero-order valence-electron chi connectivity index (χ0n) is 17.2. The fraction of sp³-hybridized carbons (Fsp3) is 0.636. The summed E-state index contributed by atoms with van der Waals surface area (Å²) in [6, 6.07) is 3.58. The van der Waals surface area contributed by atoms with E-state index in [2.05, 4.69) is 28.6 Å². The van der Waals surface area contributed by atoms with E-state index in [1.165, 1.54) is 12.8 Å². The minimum Gasteiger partial charge on any atom is -0.379 e. The summed E-state index contributed by atoms with van der Waals surface area (Å²) in [6.45, 7) is 14.5. The molecule has 0 atom stereocenters. The van der Waals surface area contributed by atoms with E-state index in [1.54, 1.807) is 12.1 Å². The number of piperidine rings is 1. The lowest BCUT2D eigenvalue weighted by atomic mass is 9.79. The topological polar surface area (TPSA) is 54.6 Å². The van der Waals surface area contributed by atoms with E-state index in [-0.39, 0.29) is 17.3 Å². The van der Waals surface area contributed by atoms with Crippen molar-refractivity contribution in [3.63, 3.8) is 0 Å². The van der Waals surface area contributed by atoms with Gasteiger partial charge in [0.25, 0.3) is 0 Å². The Bertz CT molecular complexity index is 973. The van der Waals surface area contributed by atoms with Gasteiger partial charge in [-0.15, -0.1) is 0 Å². The monoisotopic (exact) mass is 416 g/mol. The smallest absolute Gasteiger partial charge is 0.326 e. The van der Waals surface area contributed by atoms with Crippen molar-refractivity contribution in [3.05, 3.63) is 39.1 Å². The number of aromatic amines is 1. The van der Waals surface area contributed by atoms with Gasteiger partial charge in [-0.25, -0.2) is 9.64 Å². The van der Waals surface area contributed by atoms with Crippen molar-refractivity contribution in [1.29, 1.82) is 0 Å². The molecule has 0 unspecified atom stereocenters. The van der Waals surface area contributed by atoms with E-state index in [1.807, 2.05) is 4.57 Å². The Morgan fingerprint density at radius 2 is 1.97 bits per heavy atom. The highest BCUT2D eigenvalue weighted by atomic mass is 35.5. The van der Waals surface area contributed by atoms with Gasteiger partial charge in [0.2, 0.25) is 5.69 Å². The van der Waals surface area contributed by atoms with Crippen LogP contribution in [0.15, 0.2) is 16.9 Å². The summed E-state index contributed by atoms with van der Waals surface area (Å²) in [5, 5.41) is 0.381. The van der Waals surface area contributed by atoms with Crippen LogP contribution in [0.25, 0.3) is 15.9 Å². The number of hydrogen-bond acceptors (Lipinski definition) is 3. The number of aromatic nitrogens is 2. The molecule has 2 aliphatic rings. The lowest BCUT2D eigenvalue weighted by Gasteiger charge is -2.48. The van der Waals surface area contributed by atoms with Gasteiger partial charge in [0.05, 0.1) is 23.7 Å². The summed E-state index contributed by atoms with van der Waals surface area (Å²) in [6.07, 6.45) is 6.89. The molecule has 1 saturated heterocycles. The molecule has 1 aliphatic carbocycles. The Kier molecular flexibility index (Phi) is 5.74. The first kappa shape index (κ1) is 20.5. The van der Waals surface area contributed by atoms with Crippen molar-refractivity contribution in [3.8, 4) is 0 Å². The number of fused-ring (bicyclic) bond motifs is 1. The molecular weight excluding hydrogens is 388 g/mol. The number of benzene rings is 1. The normalized spacial score (nSPS) is 26.6. The number of imidazole rings is 1. The molecule has 7 heteroatoms. The van der Waals surface area contributed by atoms with E-state index in [4.69, 9.17) is 22.9 Å². The van der Waals surface area contributed by atoms with Crippen molar-refractivity contribution in [2.24, 2.45) is 0 Å². The number of nitrogens with zero attached hydrogens (tertiary/aromatic N) is 3.